The summed E-state index contributed by atoms with van der Waals surface area (Å²) in [5.74, 6) is 0.926. The van der Waals surface area contributed by atoms with Gasteiger partial charge in [0.25, 0.3) is 0 Å². The van der Waals surface area contributed by atoms with Crippen LogP contribution in [-0.4, -0.2) is 57.0 Å². The number of aryl methyl sites for hydroxylation is 1. The number of likely N-dealkylation sites (N-methyl/N-ethyl adjacent to an activating group) is 1. The highest BCUT2D eigenvalue weighted by Gasteiger charge is 2.26. The van der Waals surface area contributed by atoms with Crippen molar-refractivity contribution in [3.8, 4) is 11.3 Å². The summed E-state index contributed by atoms with van der Waals surface area (Å²) < 4.78 is 2.09. The van der Waals surface area contributed by atoms with E-state index in [4.69, 9.17) is 4.98 Å². The maximum atomic E-state index is 11.9. The van der Waals surface area contributed by atoms with E-state index in [9.17, 15) is 4.79 Å². The second-order valence-corrected chi connectivity index (χ2v) is 10.4. The zero-order valence-corrected chi connectivity index (χ0v) is 21.4. The van der Waals surface area contributed by atoms with Gasteiger partial charge in [0, 0.05) is 67.7 Å². The Bertz CT molecular complexity index is 1360. The summed E-state index contributed by atoms with van der Waals surface area (Å²) in [6.07, 6.45) is 8.35. The molecule has 7 heteroatoms. The van der Waals surface area contributed by atoms with E-state index in [1.54, 1.807) is 19.0 Å². The lowest BCUT2D eigenvalue weighted by Gasteiger charge is -2.29. The van der Waals surface area contributed by atoms with Crippen molar-refractivity contribution in [1.82, 2.24) is 29.7 Å². The average Bonchev–Trinajstić information content (AvgIpc) is 3.40. The molecule has 0 atom stereocenters. The first kappa shape index (κ1) is 23.5. The van der Waals surface area contributed by atoms with Gasteiger partial charge in [0.2, 0.25) is 5.91 Å². The minimum absolute atomic E-state index is 0.130. The molecular weight excluding hydrogens is 436 g/mol. The number of nitrogens with one attached hydrogen (secondary N) is 2. The molecule has 0 spiro atoms. The van der Waals surface area contributed by atoms with Crippen LogP contribution < -0.4 is 5.32 Å². The molecule has 1 amide bonds. The van der Waals surface area contributed by atoms with Crippen LogP contribution in [0.5, 0.6) is 0 Å². The van der Waals surface area contributed by atoms with Crippen molar-refractivity contribution in [3.63, 3.8) is 0 Å². The van der Waals surface area contributed by atoms with E-state index >= 15 is 0 Å². The molecule has 1 aliphatic rings. The third-order valence-corrected chi connectivity index (χ3v) is 7.47. The molecule has 4 heterocycles. The van der Waals surface area contributed by atoms with E-state index < -0.39 is 0 Å². The van der Waals surface area contributed by atoms with E-state index in [1.807, 2.05) is 12.3 Å². The number of aromatic nitrogens is 4. The van der Waals surface area contributed by atoms with Crippen molar-refractivity contribution < 1.29 is 4.79 Å². The Kier molecular flexibility index (Phi) is 6.36. The molecule has 2 N–H and O–H groups in total. The third-order valence-electron chi connectivity index (χ3n) is 7.47. The number of carbonyl (C=O) groups is 1. The lowest BCUT2D eigenvalue weighted by atomic mass is 9.83. The summed E-state index contributed by atoms with van der Waals surface area (Å²) in [4.78, 5) is 27.1. The third kappa shape index (κ3) is 4.45. The fourth-order valence-electron chi connectivity index (χ4n) is 5.50. The van der Waals surface area contributed by atoms with Gasteiger partial charge >= 0.3 is 0 Å². The van der Waals surface area contributed by atoms with E-state index in [1.165, 1.54) is 16.8 Å². The van der Waals surface area contributed by atoms with Gasteiger partial charge in [-0.1, -0.05) is 13.8 Å². The largest absolute Gasteiger partial charge is 0.353 e. The first-order valence-electron chi connectivity index (χ1n) is 12.7. The molecule has 35 heavy (non-hydrogen) atoms. The summed E-state index contributed by atoms with van der Waals surface area (Å²) in [6, 6.07) is 8.96. The van der Waals surface area contributed by atoms with Crippen LogP contribution in [0.25, 0.3) is 33.3 Å². The van der Waals surface area contributed by atoms with Gasteiger partial charge in [0.15, 0.2) is 0 Å². The number of H-pyrrole nitrogens is 1. The van der Waals surface area contributed by atoms with Crippen LogP contribution in [0.3, 0.4) is 0 Å². The fourth-order valence-corrected chi connectivity index (χ4v) is 5.50. The van der Waals surface area contributed by atoms with E-state index in [-0.39, 0.29) is 5.91 Å². The number of hydrogen-bond donors (Lipinski definition) is 2. The average molecular weight is 473 g/mol. The quantitative estimate of drug-likeness (QED) is 0.416. The van der Waals surface area contributed by atoms with Gasteiger partial charge in [0.05, 0.1) is 23.3 Å². The molecule has 184 valence electrons. The highest BCUT2D eigenvalue weighted by atomic mass is 16.2. The Morgan fingerprint density at radius 2 is 1.97 bits per heavy atom. The van der Waals surface area contributed by atoms with Gasteiger partial charge in [-0.3, -0.25) is 9.78 Å². The summed E-state index contributed by atoms with van der Waals surface area (Å²) in [7, 11) is 5.66. The van der Waals surface area contributed by atoms with Crippen molar-refractivity contribution in [1.29, 1.82) is 0 Å². The summed E-state index contributed by atoms with van der Waals surface area (Å²) in [6.45, 7) is 4.91. The molecule has 0 aromatic carbocycles. The molecule has 0 bridgehead atoms. The zero-order valence-electron chi connectivity index (χ0n) is 21.4. The van der Waals surface area contributed by atoms with Crippen LogP contribution in [0.1, 0.15) is 62.6 Å². The van der Waals surface area contributed by atoms with E-state index in [0.29, 0.717) is 24.4 Å². The van der Waals surface area contributed by atoms with Crippen molar-refractivity contribution >= 4 is 28.0 Å². The number of rotatable bonds is 6. The second-order valence-electron chi connectivity index (χ2n) is 10.4. The van der Waals surface area contributed by atoms with Crippen LogP contribution in [0.4, 0.5) is 0 Å². The van der Waals surface area contributed by atoms with Crippen LogP contribution in [-0.2, 0) is 11.8 Å². The number of carbonyl (C=O) groups excluding carboxylic acids is 1. The van der Waals surface area contributed by atoms with E-state index in [0.717, 1.165) is 53.4 Å². The number of amides is 1. The Balaban J connectivity index is 1.42. The molecule has 0 saturated heterocycles. The zero-order chi connectivity index (χ0) is 24.7. The Hall–Kier alpha value is -3.19. The number of fused-ring (bicyclic) bond motifs is 2. The Labute approximate surface area is 206 Å². The number of aromatic amines is 1. The van der Waals surface area contributed by atoms with E-state index in [2.05, 4.69) is 65.1 Å². The van der Waals surface area contributed by atoms with Gasteiger partial charge in [-0.05, 0) is 55.9 Å². The second kappa shape index (κ2) is 9.46. The molecule has 0 radical (unpaired) electrons. The van der Waals surface area contributed by atoms with Crippen molar-refractivity contribution in [2.24, 2.45) is 7.05 Å². The number of pyridine rings is 2. The minimum atomic E-state index is 0.130. The summed E-state index contributed by atoms with van der Waals surface area (Å²) in [5.41, 5.74) is 7.95. The van der Waals surface area contributed by atoms with Crippen LogP contribution >= 0.6 is 0 Å². The number of nitrogens with zero attached hydrogens (tertiary/aromatic N) is 4. The monoisotopic (exact) mass is 472 g/mol. The molecular formula is C28H36N6O. The normalized spacial score (nSPS) is 18.6. The van der Waals surface area contributed by atoms with Crippen molar-refractivity contribution in [2.45, 2.75) is 57.4 Å². The maximum absolute atomic E-state index is 11.9. The highest BCUT2D eigenvalue weighted by molar-refractivity contribution is 5.98. The van der Waals surface area contributed by atoms with Gasteiger partial charge in [-0.15, -0.1) is 0 Å². The smallest absolute Gasteiger partial charge is 0.236 e. The van der Waals surface area contributed by atoms with Gasteiger partial charge in [-0.25, -0.2) is 4.98 Å². The predicted octanol–water partition coefficient (Wildman–Crippen LogP) is 4.94. The number of hydrogen-bond acceptors (Lipinski definition) is 4. The molecule has 1 fully saturated rings. The van der Waals surface area contributed by atoms with Gasteiger partial charge < -0.3 is 19.8 Å². The summed E-state index contributed by atoms with van der Waals surface area (Å²) >= 11 is 0. The predicted molar refractivity (Wildman–Crippen MR) is 142 cm³/mol. The standard InChI is InChI=1S/C28H36N6O/c1-17(2)25-26(21-16-34(5)28-20(21)7-6-14-29-28)32-23-13-12-22(31-27(23)25)18-8-10-19(11-9-18)30-15-24(35)33(3)4/h6-7,12-14,16-19,30,32H,8-11,15H2,1-5H3. The fraction of sp³-hybridized carbons (Fsp3) is 0.464. The Morgan fingerprint density at radius 1 is 1.20 bits per heavy atom. The molecule has 0 aliphatic heterocycles. The van der Waals surface area contributed by atoms with Crippen LogP contribution in [0, 0.1) is 0 Å². The van der Waals surface area contributed by atoms with Gasteiger partial charge in [-0.2, -0.15) is 0 Å². The lowest BCUT2D eigenvalue weighted by Crippen LogP contribution is -2.40. The molecule has 5 rings (SSSR count). The first-order chi connectivity index (χ1) is 16.8. The molecule has 0 unspecified atom stereocenters. The van der Waals surface area contributed by atoms with Crippen LogP contribution in [0.2, 0.25) is 0 Å². The molecule has 7 nitrogen and oxygen atoms in total. The van der Waals surface area contributed by atoms with Crippen molar-refractivity contribution in [2.75, 3.05) is 20.6 Å². The SMILES string of the molecule is CC(C)c1c(-c2cn(C)c3ncccc23)[nH]c2ccc(C3CCC(NCC(=O)N(C)C)CC3)nc12. The molecule has 4 aromatic heterocycles. The van der Waals surface area contributed by atoms with Crippen LogP contribution in [0.15, 0.2) is 36.7 Å². The first-order valence-corrected chi connectivity index (χ1v) is 12.7. The maximum Gasteiger partial charge on any atom is 0.236 e. The molecule has 1 saturated carbocycles. The van der Waals surface area contributed by atoms with Crippen molar-refractivity contribution in [3.05, 3.63) is 47.9 Å². The highest BCUT2D eigenvalue weighted by Crippen LogP contribution is 2.39. The topological polar surface area (TPSA) is 78.8 Å². The molecule has 4 aromatic rings. The van der Waals surface area contributed by atoms with Gasteiger partial charge in [0.1, 0.15) is 5.65 Å². The summed E-state index contributed by atoms with van der Waals surface area (Å²) in [5, 5.41) is 4.60. The lowest BCUT2D eigenvalue weighted by molar-refractivity contribution is -0.127. The minimum Gasteiger partial charge on any atom is -0.353 e. The molecule has 1 aliphatic carbocycles. The Morgan fingerprint density at radius 3 is 2.69 bits per heavy atom.